The molecule has 0 unspecified atom stereocenters. The number of benzene rings is 3. The van der Waals surface area contributed by atoms with Crippen LogP contribution in [0.4, 0.5) is 0 Å². The highest BCUT2D eigenvalue weighted by molar-refractivity contribution is 7.99. The molecular weight excluding hydrogens is 499 g/mol. The number of halogens is 3. The molecule has 33 heavy (non-hydrogen) atoms. The van der Waals surface area contributed by atoms with Crippen molar-refractivity contribution in [2.75, 3.05) is 5.75 Å². The average Bonchev–Trinajstić information content (AvgIpc) is 3.21. The highest BCUT2D eigenvalue weighted by Gasteiger charge is 2.18. The van der Waals surface area contributed by atoms with Crippen molar-refractivity contribution in [2.45, 2.75) is 18.6 Å². The van der Waals surface area contributed by atoms with E-state index in [1.54, 1.807) is 18.2 Å². The van der Waals surface area contributed by atoms with Gasteiger partial charge in [0.15, 0.2) is 11.0 Å². The van der Waals surface area contributed by atoms with Gasteiger partial charge in [-0.1, -0.05) is 70.8 Å². The first kappa shape index (κ1) is 23.6. The fraction of sp³-hybridized carbons (Fsp3) is 0.125. The molecule has 0 radical (unpaired) electrons. The largest absolute Gasteiger partial charge is 0.351 e. The Morgan fingerprint density at radius 2 is 1.70 bits per heavy atom. The molecule has 9 heteroatoms. The molecule has 1 heterocycles. The van der Waals surface area contributed by atoms with Crippen molar-refractivity contribution in [3.63, 3.8) is 0 Å². The standard InChI is InChI=1S/C24H19Cl3N4OS/c1-15-4-2-3-5-21(15)31-23(16-6-9-18(25)10-7-16)29-30-24(31)33-14-22(32)28-13-17-8-11-19(26)12-20(17)27/h2-12H,13-14H2,1H3,(H,28,32). The summed E-state index contributed by atoms with van der Waals surface area (Å²) in [5.41, 5.74) is 3.69. The maximum Gasteiger partial charge on any atom is 0.230 e. The van der Waals surface area contributed by atoms with E-state index in [0.717, 1.165) is 22.4 Å². The highest BCUT2D eigenvalue weighted by Crippen LogP contribution is 2.30. The summed E-state index contributed by atoms with van der Waals surface area (Å²) in [7, 11) is 0. The molecule has 168 valence electrons. The fourth-order valence-corrected chi connectivity index (χ4v) is 4.60. The van der Waals surface area contributed by atoms with Crippen LogP contribution in [-0.2, 0) is 11.3 Å². The van der Waals surface area contributed by atoms with Gasteiger partial charge >= 0.3 is 0 Å². The first-order valence-corrected chi connectivity index (χ1v) is 12.1. The number of hydrogen-bond acceptors (Lipinski definition) is 4. The number of carbonyl (C=O) groups excluding carboxylic acids is 1. The zero-order valence-electron chi connectivity index (χ0n) is 17.6. The fourth-order valence-electron chi connectivity index (χ4n) is 3.22. The second kappa shape index (κ2) is 10.6. The third-order valence-corrected chi connectivity index (χ3v) is 6.68. The molecule has 0 aliphatic heterocycles. The number of hydrogen-bond donors (Lipinski definition) is 1. The maximum absolute atomic E-state index is 12.5. The third kappa shape index (κ3) is 5.71. The zero-order chi connectivity index (χ0) is 23.4. The van der Waals surface area contributed by atoms with Gasteiger partial charge in [0.1, 0.15) is 0 Å². The Morgan fingerprint density at radius 3 is 2.42 bits per heavy atom. The first-order valence-electron chi connectivity index (χ1n) is 10.0. The van der Waals surface area contributed by atoms with E-state index in [-0.39, 0.29) is 11.7 Å². The second-order valence-electron chi connectivity index (χ2n) is 7.24. The van der Waals surface area contributed by atoms with Gasteiger partial charge in [-0.2, -0.15) is 0 Å². The molecule has 0 aliphatic carbocycles. The summed E-state index contributed by atoms with van der Waals surface area (Å²) in [5.74, 6) is 0.714. The maximum atomic E-state index is 12.5. The normalized spacial score (nSPS) is 10.9. The van der Waals surface area contributed by atoms with Gasteiger partial charge in [0, 0.05) is 27.2 Å². The molecule has 1 N–H and O–H groups in total. The lowest BCUT2D eigenvalue weighted by Crippen LogP contribution is -2.24. The van der Waals surface area contributed by atoms with Crippen molar-refractivity contribution in [3.05, 3.63) is 92.9 Å². The molecule has 4 rings (SSSR count). The molecule has 0 fully saturated rings. The Morgan fingerprint density at radius 1 is 0.970 bits per heavy atom. The van der Waals surface area contributed by atoms with Crippen LogP contribution in [0.5, 0.6) is 0 Å². The predicted molar refractivity (Wildman–Crippen MR) is 136 cm³/mol. The van der Waals surface area contributed by atoms with Crippen LogP contribution in [0, 0.1) is 6.92 Å². The number of rotatable bonds is 7. The molecule has 4 aromatic rings. The number of nitrogens with one attached hydrogen (secondary N) is 1. The number of thioether (sulfide) groups is 1. The highest BCUT2D eigenvalue weighted by atomic mass is 35.5. The Kier molecular flexibility index (Phi) is 7.60. The van der Waals surface area contributed by atoms with Crippen molar-refractivity contribution in [1.29, 1.82) is 0 Å². The van der Waals surface area contributed by atoms with Gasteiger partial charge in [-0.25, -0.2) is 0 Å². The van der Waals surface area contributed by atoms with Crippen molar-refractivity contribution in [3.8, 4) is 17.1 Å². The molecule has 0 saturated heterocycles. The van der Waals surface area contributed by atoms with Crippen LogP contribution >= 0.6 is 46.6 Å². The van der Waals surface area contributed by atoms with Crippen molar-refractivity contribution in [2.24, 2.45) is 0 Å². The van der Waals surface area contributed by atoms with Crippen LogP contribution < -0.4 is 5.32 Å². The van der Waals surface area contributed by atoms with Gasteiger partial charge in [0.05, 0.1) is 11.4 Å². The Bertz CT molecular complexity index is 1290. The van der Waals surface area contributed by atoms with E-state index in [0.29, 0.717) is 32.6 Å². The van der Waals surface area contributed by atoms with E-state index in [1.807, 2.05) is 60.0 Å². The van der Waals surface area contributed by atoms with Gasteiger partial charge in [0.25, 0.3) is 0 Å². The molecule has 0 bridgehead atoms. The molecule has 1 aromatic heterocycles. The van der Waals surface area contributed by atoms with Crippen molar-refractivity contribution < 1.29 is 4.79 Å². The van der Waals surface area contributed by atoms with Crippen molar-refractivity contribution in [1.82, 2.24) is 20.1 Å². The molecular formula is C24H19Cl3N4OS. The number of carbonyl (C=O) groups is 1. The third-order valence-electron chi connectivity index (χ3n) is 4.92. The number of amides is 1. The number of aromatic nitrogens is 3. The summed E-state index contributed by atoms with van der Waals surface area (Å²) in [5, 5.41) is 14.0. The monoisotopic (exact) mass is 516 g/mol. The molecule has 5 nitrogen and oxygen atoms in total. The summed E-state index contributed by atoms with van der Waals surface area (Å²) in [6.45, 7) is 2.34. The van der Waals surface area contributed by atoms with Crippen LogP contribution in [0.2, 0.25) is 15.1 Å². The minimum absolute atomic E-state index is 0.140. The van der Waals surface area contributed by atoms with E-state index in [4.69, 9.17) is 34.8 Å². The van der Waals surface area contributed by atoms with E-state index < -0.39 is 0 Å². The topological polar surface area (TPSA) is 59.8 Å². The van der Waals surface area contributed by atoms with Crippen LogP contribution in [0.25, 0.3) is 17.1 Å². The molecule has 0 spiro atoms. The van der Waals surface area contributed by atoms with Crippen LogP contribution in [0.15, 0.2) is 71.9 Å². The van der Waals surface area contributed by atoms with Crippen LogP contribution in [0.3, 0.4) is 0 Å². The molecule has 0 aliphatic rings. The number of nitrogens with zero attached hydrogens (tertiary/aromatic N) is 3. The van der Waals surface area contributed by atoms with Crippen LogP contribution in [-0.4, -0.2) is 26.4 Å². The SMILES string of the molecule is Cc1ccccc1-n1c(SCC(=O)NCc2ccc(Cl)cc2Cl)nnc1-c1ccc(Cl)cc1. The van der Waals surface area contributed by atoms with Gasteiger partial charge in [-0.05, 0) is 60.5 Å². The van der Waals surface area contributed by atoms with Gasteiger partial charge in [-0.3, -0.25) is 9.36 Å². The minimum atomic E-state index is -0.140. The Hall–Kier alpha value is -2.51. The lowest BCUT2D eigenvalue weighted by Gasteiger charge is -2.13. The Balaban J connectivity index is 1.54. The molecule has 1 amide bonds. The summed E-state index contributed by atoms with van der Waals surface area (Å²) in [6.07, 6.45) is 0. The summed E-state index contributed by atoms with van der Waals surface area (Å²) in [4.78, 5) is 12.5. The second-order valence-corrected chi connectivity index (χ2v) is 9.46. The van der Waals surface area contributed by atoms with E-state index >= 15 is 0 Å². The van der Waals surface area contributed by atoms with E-state index in [9.17, 15) is 4.79 Å². The summed E-state index contributed by atoms with van der Waals surface area (Å²) in [6, 6.07) is 20.6. The average molecular weight is 518 g/mol. The van der Waals surface area contributed by atoms with E-state index in [2.05, 4.69) is 15.5 Å². The Labute approximate surface area is 211 Å². The van der Waals surface area contributed by atoms with E-state index in [1.165, 1.54) is 11.8 Å². The molecule has 3 aromatic carbocycles. The lowest BCUT2D eigenvalue weighted by molar-refractivity contribution is -0.118. The smallest absolute Gasteiger partial charge is 0.230 e. The van der Waals surface area contributed by atoms with Gasteiger partial charge in [-0.15, -0.1) is 10.2 Å². The molecule has 0 saturated carbocycles. The minimum Gasteiger partial charge on any atom is -0.351 e. The number of aryl methyl sites for hydroxylation is 1. The quantitative estimate of drug-likeness (QED) is 0.280. The summed E-state index contributed by atoms with van der Waals surface area (Å²) >= 11 is 19.5. The van der Waals surface area contributed by atoms with Gasteiger partial charge < -0.3 is 5.32 Å². The van der Waals surface area contributed by atoms with Crippen LogP contribution in [0.1, 0.15) is 11.1 Å². The van der Waals surface area contributed by atoms with Gasteiger partial charge in [0.2, 0.25) is 5.91 Å². The summed E-state index contributed by atoms with van der Waals surface area (Å²) < 4.78 is 1.96. The lowest BCUT2D eigenvalue weighted by atomic mass is 10.1. The molecule has 0 atom stereocenters. The zero-order valence-corrected chi connectivity index (χ0v) is 20.6. The predicted octanol–water partition coefficient (Wildman–Crippen LogP) is 6.61. The van der Waals surface area contributed by atoms with Crippen molar-refractivity contribution >= 4 is 52.5 Å². The first-order chi connectivity index (χ1) is 15.9. The number of para-hydroxylation sites is 1.